The van der Waals surface area contributed by atoms with E-state index in [1.54, 1.807) is 0 Å². The van der Waals surface area contributed by atoms with Gasteiger partial charge >= 0.3 is 0 Å². The van der Waals surface area contributed by atoms with Crippen molar-refractivity contribution in [2.45, 2.75) is 24.8 Å². The Bertz CT molecular complexity index is 374. The van der Waals surface area contributed by atoms with Crippen molar-refractivity contribution >= 4 is 5.91 Å². The lowest BCUT2D eigenvalue weighted by Crippen LogP contribution is -2.47. The highest BCUT2D eigenvalue weighted by Gasteiger charge is 2.22. The zero-order valence-corrected chi connectivity index (χ0v) is 10.6. The first-order valence-electron chi connectivity index (χ1n) is 6.57. The van der Waals surface area contributed by atoms with E-state index in [4.69, 9.17) is 5.73 Å². The summed E-state index contributed by atoms with van der Waals surface area (Å²) < 4.78 is 0. The van der Waals surface area contributed by atoms with Gasteiger partial charge in [-0.05, 0) is 24.9 Å². The first-order valence-corrected chi connectivity index (χ1v) is 6.57. The van der Waals surface area contributed by atoms with Crippen molar-refractivity contribution in [3.63, 3.8) is 0 Å². The van der Waals surface area contributed by atoms with Gasteiger partial charge < -0.3 is 16.4 Å². The van der Waals surface area contributed by atoms with Crippen LogP contribution in [-0.2, 0) is 4.79 Å². The minimum Gasteiger partial charge on any atom is -0.352 e. The van der Waals surface area contributed by atoms with E-state index in [0.717, 1.165) is 31.5 Å². The predicted molar refractivity (Wildman–Crippen MR) is 72.3 cm³/mol. The molecule has 1 fully saturated rings. The molecule has 1 saturated heterocycles. The summed E-state index contributed by atoms with van der Waals surface area (Å²) in [5.41, 5.74) is 6.72. The van der Waals surface area contributed by atoms with Gasteiger partial charge in [0.2, 0.25) is 5.91 Å². The molecule has 1 heterocycles. The Balaban J connectivity index is 1.97. The van der Waals surface area contributed by atoms with Gasteiger partial charge in [0.25, 0.3) is 0 Å². The number of benzene rings is 1. The van der Waals surface area contributed by atoms with E-state index in [1.165, 1.54) is 0 Å². The molecule has 4 N–H and O–H groups in total. The molecule has 0 aromatic heterocycles. The van der Waals surface area contributed by atoms with Crippen LogP contribution < -0.4 is 16.4 Å². The van der Waals surface area contributed by atoms with Crippen LogP contribution in [0.15, 0.2) is 30.3 Å². The minimum absolute atomic E-state index is 0.0393. The number of hydrogen-bond donors (Lipinski definition) is 3. The van der Waals surface area contributed by atoms with Gasteiger partial charge in [-0.3, -0.25) is 4.79 Å². The average molecular weight is 247 g/mol. The number of hydrogen-bond acceptors (Lipinski definition) is 3. The molecule has 18 heavy (non-hydrogen) atoms. The fraction of sp³-hybridized carbons (Fsp3) is 0.500. The van der Waals surface area contributed by atoms with Gasteiger partial charge in [-0.2, -0.15) is 0 Å². The Kier molecular flexibility index (Phi) is 4.73. The number of amides is 1. The lowest BCUT2D eigenvalue weighted by molar-refractivity contribution is -0.123. The Morgan fingerprint density at radius 3 is 2.83 bits per heavy atom. The Labute approximate surface area is 108 Å². The fourth-order valence-corrected chi connectivity index (χ4v) is 2.36. The third-order valence-electron chi connectivity index (χ3n) is 3.40. The second-order valence-electron chi connectivity index (χ2n) is 4.75. The van der Waals surface area contributed by atoms with E-state index < -0.39 is 0 Å². The molecule has 2 rings (SSSR count). The zero-order valence-electron chi connectivity index (χ0n) is 10.6. The summed E-state index contributed by atoms with van der Waals surface area (Å²) in [4.78, 5) is 12.2. The number of carbonyl (C=O) groups excluding carboxylic acids is 1. The monoisotopic (exact) mass is 247 g/mol. The van der Waals surface area contributed by atoms with Gasteiger partial charge in [0.1, 0.15) is 0 Å². The number of carbonyl (C=O) groups is 1. The second kappa shape index (κ2) is 6.52. The van der Waals surface area contributed by atoms with Gasteiger partial charge in [-0.15, -0.1) is 0 Å². The molecule has 4 nitrogen and oxygen atoms in total. The molecule has 0 radical (unpaired) electrons. The van der Waals surface area contributed by atoms with E-state index in [-0.39, 0.29) is 17.9 Å². The lowest BCUT2D eigenvalue weighted by atomic mass is 9.97. The summed E-state index contributed by atoms with van der Waals surface area (Å²) >= 11 is 0. The summed E-state index contributed by atoms with van der Waals surface area (Å²) in [6, 6.07) is 9.97. The Morgan fingerprint density at radius 2 is 2.22 bits per heavy atom. The normalized spacial score (nSPS) is 21.3. The molecule has 0 aliphatic carbocycles. The lowest BCUT2D eigenvalue weighted by Gasteiger charge is -2.26. The predicted octanol–water partition coefficient (Wildman–Crippen LogP) is 0.597. The van der Waals surface area contributed by atoms with Crippen LogP contribution in [0, 0.1) is 0 Å². The summed E-state index contributed by atoms with van der Waals surface area (Å²) in [5, 5.41) is 6.38. The van der Waals surface area contributed by atoms with Gasteiger partial charge in [-0.25, -0.2) is 0 Å². The molecule has 2 atom stereocenters. The average Bonchev–Trinajstić information content (AvgIpc) is 2.42. The topological polar surface area (TPSA) is 67.2 Å². The van der Waals surface area contributed by atoms with Gasteiger partial charge in [0.05, 0.1) is 5.92 Å². The summed E-state index contributed by atoms with van der Waals surface area (Å²) in [6.45, 7) is 2.25. The fourth-order valence-electron chi connectivity index (χ4n) is 2.36. The molecule has 1 aliphatic rings. The van der Waals surface area contributed by atoms with E-state index in [0.29, 0.717) is 6.54 Å². The Morgan fingerprint density at radius 1 is 1.44 bits per heavy atom. The van der Waals surface area contributed by atoms with Gasteiger partial charge in [0, 0.05) is 19.1 Å². The molecule has 1 aliphatic heterocycles. The molecule has 4 heteroatoms. The van der Waals surface area contributed by atoms with Crippen LogP contribution in [0.5, 0.6) is 0 Å². The number of nitrogens with one attached hydrogen (secondary N) is 2. The molecule has 1 aromatic carbocycles. The summed E-state index contributed by atoms with van der Waals surface area (Å²) in [7, 11) is 0. The molecule has 1 unspecified atom stereocenters. The van der Waals surface area contributed by atoms with Crippen molar-refractivity contribution in [1.29, 1.82) is 0 Å². The SMILES string of the molecule is NCC(C(=O)N[C@H]1CCCNC1)c1ccccc1. The highest BCUT2D eigenvalue weighted by molar-refractivity contribution is 5.84. The van der Waals surface area contributed by atoms with E-state index >= 15 is 0 Å². The minimum atomic E-state index is -0.242. The van der Waals surface area contributed by atoms with Crippen molar-refractivity contribution in [1.82, 2.24) is 10.6 Å². The first kappa shape index (κ1) is 13.1. The number of piperidine rings is 1. The maximum absolute atomic E-state index is 12.2. The Hall–Kier alpha value is -1.39. The number of nitrogens with two attached hydrogens (primary N) is 1. The molecule has 0 spiro atoms. The first-order chi connectivity index (χ1) is 8.81. The standard InChI is InChI=1S/C14H21N3O/c15-9-13(11-5-2-1-3-6-11)14(18)17-12-7-4-8-16-10-12/h1-3,5-6,12-13,16H,4,7-10,15H2,(H,17,18)/t12-,13?/m0/s1. The van der Waals surface area contributed by atoms with Crippen LogP contribution in [0.25, 0.3) is 0 Å². The van der Waals surface area contributed by atoms with Gasteiger partial charge in [-0.1, -0.05) is 30.3 Å². The molecular formula is C14H21N3O. The molecular weight excluding hydrogens is 226 g/mol. The molecule has 98 valence electrons. The van der Waals surface area contributed by atoms with Crippen LogP contribution in [0.4, 0.5) is 0 Å². The highest BCUT2D eigenvalue weighted by Crippen LogP contribution is 2.15. The smallest absolute Gasteiger partial charge is 0.229 e. The van der Waals surface area contributed by atoms with Crippen LogP contribution in [-0.4, -0.2) is 31.6 Å². The van der Waals surface area contributed by atoms with Crippen LogP contribution in [0.1, 0.15) is 24.3 Å². The van der Waals surface area contributed by atoms with Crippen LogP contribution in [0.2, 0.25) is 0 Å². The van der Waals surface area contributed by atoms with Crippen molar-refractivity contribution in [2.75, 3.05) is 19.6 Å². The summed E-state index contributed by atoms with van der Waals surface area (Å²) in [6.07, 6.45) is 2.16. The summed E-state index contributed by atoms with van der Waals surface area (Å²) in [5.74, 6) is -0.203. The highest BCUT2D eigenvalue weighted by atomic mass is 16.2. The molecule has 0 bridgehead atoms. The molecule has 1 amide bonds. The van der Waals surface area contributed by atoms with Crippen molar-refractivity contribution in [3.05, 3.63) is 35.9 Å². The zero-order chi connectivity index (χ0) is 12.8. The molecule has 0 saturated carbocycles. The van der Waals surface area contributed by atoms with Crippen LogP contribution in [0.3, 0.4) is 0 Å². The number of rotatable bonds is 4. The maximum atomic E-state index is 12.2. The largest absolute Gasteiger partial charge is 0.352 e. The van der Waals surface area contributed by atoms with Crippen molar-refractivity contribution < 1.29 is 4.79 Å². The van der Waals surface area contributed by atoms with E-state index in [2.05, 4.69) is 10.6 Å². The third kappa shape index (κ3) is 3.31. The van der Waals surface area contributed by atoms with E-state index in [1.807, 2.05) is 30.3 Å². The van der Waals surface area contributed by atoms with Crippen molar-refractivity contribution in [3.8, 4) is 0 Å². The molecule has 1 aromatic rings. The maximum Gasteiger partial charge on any atom is 0.229 e. The van der Waals surface area contributed by atoms with E-state index in [9.17, 15) is 4.79 Å². The third-order valence-corrected chi connectivity index (χ3v) is 3.40. The van der Waals surface area contributed by atoms with Crippen LogP contribution >= 0.6 is 0 Å². The van der Waals surface area contributed by atoms with Gasteiger partial charge in [0.15, 0.2) is 0 Å². The van der Waals surface area contributed by atoms with Crippen molar-refractivity contribution in [2.24, 2.45) is 5.73 Å². The quantitative estimate of drug-likeness (QED) is 0.730. The second-order valence-corrected chi connectivity index (χ2v) is 4.75.